The molecule has 2 heterocycles. The van der Waals surface area contributed by atoms with Crippen molar-refractivity contribution in [3.8, 4) is 5.75 Å². The third-order valence-electron chi connectivity index (χ3n) is 6.19. The van der Waals surface area contributed by atoms with Crippen molar-refractivity contribution in [3.05, 3.63) is 48.2 Å². The van der Waals surface area contributed by atoms with E-state index in [0.717, 1.165) is 53.6 Å². The number of hydrogen-bond donors (Lipinski definition) is 4. The molecule has 17 heteroatoms. The zero-order chi connectivity index (χ0) is 34.4. The number of nitrogens with one attached hydrogen (secondary N) is 2. The van der Waals surface area contributed by atoms with Crippen molar-refractivity contribution in [1.29, 1.82) is 0 Å². The minimum atomic E-state index is -5.08. The van der Waals surface area contributed by atoms with Gasteiger partial charge < -0.3 is 29.8 Å². The molecule has 0 bridgehead atoms. The summed E-state index contributed by atoms with van der Waals surface area (Å²) in [6.45, 7) is 3.89. The number of H-pyrrole nitrogens is 1. The number of methoxy groups -OCH3 is 1. The Morgan fingerprint density at radius 2 is 1.62 bits per heavy atom. The second-order valence-electron chi connectivity index (χ2n) is 9.51. The minimum Gasteiger partial charge on any atom is -0.497 e. The van der Waals surface area contributed by atoms with Gasteiger partial charge >= 0.3 is 24.3 Å². The van der Waals surface area contributed by atoms with Crippen molar-refractivity contribution in [1.82, 2.24) is 19.9 Å². The summed E-state index contributed by atoms with van der Waals surface area (Å²) in [7, 11) is 1.64. The predicted molar refractivity (Wildman–Crippen MR) is 148 cm³/mol. The van der Waals surface area contributed by atoms with E-state index in [9.17, 15) is 35.9 Å². The number of ether oxygens (including phenoxy) is 1. The van der Waals surface area contributed by atoms with Crippen molar-refractivity contribution >= 4 is 34.5 Å². The van der Waals surface area contributed by atoms with E-state index in [1.165, 1.54) is 0 Å². The van der Waals surface area contributed by atoms with Crippen LogP contribution in [0.15, 0.2) is 36.9 Å². The van der Waals surface area contributed by atoms with E-state index in [0.29, 0.717) is 18.6 Å². The summed E-state index contributed by atoms with van der Waals surface area (Å²) >= 11 is 0. The molecule has 0 saturated heterocycles. The molecule has 0 aliphatic carbocycles. The second kappa shape index (κ2) is 17.7. The maximum atomic E-state index is 12.9. The highest BCUT2D eigenvalue weighted by Gasteiger charge is 2.38. The molecule has 0 saturated carbocycles. The first-order valence-electron chi connectivity index (χ1n) is 13.4. The molecular formula is C28H34F6N4O7. The summed E-state index contributed by atoms with van der Waals surface area (Å²) in [5.41, 5.74) is 2.96. The summed E-state index contributed by atoms with van der Waals surface area (Å²) in [4.78, 5) is 49.7. The lowest BCUT2D eigenvalue weighted by atomic mass is 10.1. The Morgan fingerprint density at radius 1 is 1.02 bits per heavy atom. The number of rotatable bonds is 12. The summed E-state index contributed by atoms with van der Waals surface area (Å²) in [5.74, 6) is -4.47. The molecular weight excluding hydrogens is 618 g/mol. The lowest BCUT2D eigenvalue weighted by Gasteiger charge is -2.20. The monoisotopic (exact) mass is 652 g/mol. The number of carbonyl (C=O) groups is 4. The van der Waals surface area contributed by atoms with E-state index in [1.54, 1.807) is 19.6 Å². The van der Waals surface area contributed by atoms with Gasteiger partial charge in [0.1, 0.15) is 17.7 Å². The summed E-state index contributed by atoms with van der Waals surface area (Å²) in [6, 6.07) is 5.85. The van der Waals surface area contributed by atoms with Gasteiger partial charge in [-0.15, -0.1) is 0 Å². The van der Waals surface area contributed by atoms with Crippen molar-refractivity contribution in [2.45, 2.75) is 77.3 Å². The number of amides is 1. The van der Waals surface area contributed by atoms with E-state index >= 15 is 0 Å². The maximum absolute atomic E-state index is 12.9. The molecule has 1 amide bonds. The van der Waals surface area contributed by atoms with Crippen molar-refractivity contribution < 1.29 is 60.5 Å². The Kier molecular flexibility index (Phi) is 15.1. The van der Waals surface area contributed by atoms with E-state index in [2.05, 4.69) is 15.3 Å². The molecule has 45 heavy (non-hydrogen) atoms. The standard InChI is InChI=1S/C24H32N4O3.2C2HF3O2/c1-4-18(29)8-6-5-7-9-23(28-13-12-25-16-28)27-24(30)15-20-17(2)26-22-11-10-19(31-3)14-21(20)22;2*3-2(4,5)1(6)7/h10-14,16,23,26H,4-9,15H2,1-3H3,(H,27,30);2*(H,6,7). The van der Waals surface area contributed by atoms with Crippen LogP contribution in [0.5, 0.6) is 5.75 Å². The number of carbonyl (C=O) groups excluding carboxylic acids is 2. The maximum Gasteiger partial charge on any atom is 0.490 e. The van der Waals surface area contributed by atoms with Crippen LogP contribution in [0.4, 0.5) is 26.3 Å². The molecule has 0 spiro atoms. The van der Waals surface area contributed by atoms with Gasteiger partial charge in [0.25, 0.3) is 0 Å². The molecule has 250 valence electrons. The fourth-order valence-electron chi connectivity index (χ4n) is 3.88. The molecule has 3 rings (SSSR count). The molecule has 11 nitrogen and oxygen atoms in total. The number of ketones is 1. The summed E-state index contributed by atoms with van der Waals surface area (Å²) in [5, 5.41) is 18.4. The van der Waals surface area contributed by atoms with Crippen LogP contribution in [0.25, 0.3) is 10.9 Å². The van der Waals surface area contributed by atoms with Crippen LogP contribution < -0.4 is 10.1 Å². The molecule has 1 unspecified atom stereocenters. The SMILES string of the molecule is CCC(=O)CCCCCC(NC(=O)Cc1c(C)[nH]c2ccc(OC)cc12)n1ccnc1.O=C(O)C(F)(F)F.O=C(O)C(F)(F)F. The van der Waals surface area contributed by atoms with Crippen molar-refractivity contribution in [2.24, 2.45) is 0 Å². The van der Waals surface area contributed by atoms with Crippen molar-refractivity contribution in [3.63, 3.8) is 0 Å². The highest BCUT2D eigenvalue weighted by molar-refractivity contribution is 5.91. The third-order valence-corrected chi connectivity index (χ3v) is 6.19. The van der Waals surface area contributed by atoms with Gasteiger partial charge in [0.2, 0.25) is 5.91 Å². The van der Waals surface area contributed by atoms with E-state index < -0.39 is 24.3 Å². The quantitative estimate of drug-likeness (QED) is 0.142. The predicted octanol–water partition coefficient (Wildman–Crippen LogP) is 5.74. The number of Topliss-reactive ketones (excluding diaryl/α,β-unsaturated/α-hetero) is 1. The summed E-state index contributed by atoms with van der Waals surface area (Å²) in [6.07, 6.45) is 0.116. The number of carboxylic acid groups (broad SMARTS) is 2. The molecule has 1 aromatic carbocycles. The lowest BCUT2D eigenvalue weighted by Crippen LogP contribution is -2.33. The van der Waals surface area contributed by atoms with Gasteiger partial charge in [-0.25, -0.2) is 14.6 Å². The molecule has 0 fully saturated rings. The molecule has 1 atom stereocenters. The number of imidazole rings is 1. The van der Waals surface area contributed by atoms with Crippen LogP contribution in [0.1, 0.15) is 62.9 Å². The smallest absolute Gasteiger partial charge is 0.490 e. The van der Waals surface area contributed by atoms with Gasteiger partial charge in [-0.1, -0.05) is 13.3 Å². The fourth-order valence-corrected chi connectivity index (χ4v) is 3.88. The number of aromatic nitrogens is 3. The number of aliphatic carboxylic acids is 2. The Morgan fingerprint density at radius 3 is 2.11 bits per heavy atom. The first kappa shape index (κ1) is 38.5. The van der Waals surface area contributed by atoms with Crippen LogP contribution >= 0.6 is 0 Å². The number of hydrogen-bond acceptors (Lipinski definition) is 6. The molecule has 0 aliphatic heterocycles. The number of alkyl halides is 6. The second-order valence-corrected chi connectivity index (χ2v) is 9.51. The number of halogens is 6. The Hall–Kier alpha value is -4.57. The Labute approximate surface area is 253 Å². The third kappa shape index (κ3) is 13.7. The number of benzene rings is 1. The van der Waals surface area contributed by atoms with Gasteiger partial charge in [0.05, 0.1) is 19.9 Å². The summed E-state index contributed by atoms with van der Waals surface area (Å²) < 4.78 is 70.7. The molecule has 0 aliphatic rings. The highest BCUT2D eigenvalue weighted by atomic mass is 19.4. The van der Waals surface area contributed by atoms with Crippen LogP contribution in [-0.2, 0) is 25.6 Å². The zero-order valence-corrected chi connectivity index (χ0v) is 24.6. The number of unbranched alkanes of at least 4 members (excludes halogenated alkanes) is 2. The van der Waals surface area contributed by atoms with Crippen LogP contribution in [-0.4, -0.2) is 67.8 Å². The normalized spacial score (nSPS) is 11.8. The number of nitrogens with zero attached hydrogens (tertiary/aromatic N) is 2. The first-order valence-corrected chi connectivity index (χ1v) is 13.4. The van der Waals surface area contributed by atoms with E-state index in [1.807, 2.05) is 42.8 Å². The van der Waals surface area contributed by atoms with E-state index in [-0.39, 0.29) is 18.5 Å². The average molecular weight is 653 g/mol. The first-order chi connectivity index (χ1) is 20.9. The van der Waals surface area contributed by atoms with E-state index in [4.69, 9.17) is 24.5 Å². The van der Waals surface area contributed by atoms with Crippen molar-refractivity contribution in [2.75, 3.05) is 7.11 Å². The van der Waals surface area contributed by atoms with Crippen LogP contribution in [0, 0.1) is 6.92 Å². The Balaban J connectivity index is 0.000000601. The number of carboxylic acids is 2. The fraction of sp³-hybridized carbons (Fsp3) is 0.464. The molecule has 4 N–H and O–H groups in total. The molecule has 0 radical (unpaired) electrons. The number of fused-ring (bicyclic) bond motifs is 1. The molecule has 2 aromatic heterocycles. The molecule has 3 aromatic rings. The Bertz CT molecular complexity index is 1380. The number of aromatic amines is 1. The highest BCUT2D eigenvalue weighted by Crippen LogP contribution is 2.27. The topological polar surface area (TPSA) is 164 Å². The number of aryl methyl sites for hydroxylation is 1. The lowest BCUT2D eigenvalue weighted by molar-refractivity contribution is -0.193. The zero-order valence-electron chi connectivity index (χ0n) is 24.6. The largest absolute Gasteiger partial charge is 0.497 e. The van der Waals surface area contributed by atoms with Crippen LogP contribution in [0.3, 0.4) is 0 Å². The van der Waals surface area contributed by atoms with Gasteiger partial charge in [0.15, 0.2) is 0 Å². The minimum absolute atomic E-state index is 0.0355. The van der Waals surface area contributed by atoms with Gasteiger partial charge in [-0.05, 0) is 49.9 Å². The van der Waals surface area contributed by atoms with Gasteiger partial charge in [-0.2, -0.15) is 26.3 Å². The van der Waals surface area contributed by atoms with Gasteiger partial charge in [-0.3, -0.25) is 9.59 Å². The van der Waals surface area contributed by atoms with Gasteiger partial charge in [0, 0.05) is 41.8 Å². The average Bonchev–Trinajstić information content (AvgIpc) is 3.59. The van der Waals surface area contributed by atoms with Crippen LogP contribution in [0.2, 0.25) is 0 Å².